The first-order chi connectivity index (χ1) is 12.7. The molecule has 0 bridgehead atoms. The molecule has 2 aromatic heterocycles. The predicted octanol–water partition coefficient (Wildman–Crippen LogP) is 3.04. The molecule has 0 aliphatic carbocycles. The first-order valence-corrected chi connectivity index (χ1v) is 8.62. The van der Waals surface area contributed by atoms with Crippen molar-refractivity contribution in [1.82, 2.24) is 9.97 Å². The van der Waals surface area contributed by atoms with Crippen LogP contribution in [0.3, 0.4) is 0 Å². The van der Waals surface area contributed by atoms with Gasteiger partial charge in [-0.1, -0.05) is 11.6 Å². The summed E-state index contributed by atoms with van der Waals surface area (Å²) in [4.78, 5) is 43.3. The Hall–Kier alpha value is -2.87. The average molecular weight is 394 g/mol. The van der Waals surface area contributed by atoms with Crippen molar-refractivity contribution in [1.29, 1.82) is 0 Å². The molecule has 0 aliphatic heterocycles. The van der Waals surface area contributed by atoms with E-state index in [0.29, 0.717) is 16.3 Å². The molecule has 2 aromatic rings. The lowest BCUT2D eigenvalue weighted by Crippen LogP contribution is -2.30. The zero-order valence-electron chi connectivity index (χ0n) is 15.4. The number of carbonyl (C=O) groups is 3. The van der Waals surface area contributed by atoms with Gasteiger partial charge in [0.2, 0.25) is 0 Å². The molecule has 0 saturated carbocycles. The number of hydrogen-bond donors (Lipinski definition) is 2. The van der Waals surface area contributed by atoms with Crippen LogP contribution in [0.15, 0.2) is 18.3 Å². The van der Waals surface area contributed by atoms with Gasteiger partial charge < -0.3 is 19.8 Å². The second kappa shape index (κ2) is 8.68. The lowest BCUT2D eigenvalue weighted by molar-refractivity contribution is -0.123. The van der Waals surface area contributed by atoms with Gasteiger partial charge in [0, 0.05) is 11.9 Å². The largest absolute Gasteiger partial charge is 0.462 e. The highest BCUT2D eigenvalue weighted by atomic mass is 35.5. The number of H-pyrrole nitrogens is 1. The number of esters is 2. The Balaban J connectivity index is 2.07. The van der Waals surface area contributed by atoms with Crippen LogP contribution in [0.1, 0.15) is 46.0 Å². The maximum absolute atomic E-state index is 12.4. The van der Waals surface area contributed by atoms with Gasteiger partial charge >= 0.3 is 11.9 Å². The lowest BCUT2D eigenvalue weighted by atomic mass is 10.1. The number of aryl methyl sites for hydroxylation is 1. The van der Waals surface area contributed by atoms with Crippen LogP contribution in [0.5, 0.6) is 0 Å². The summed E-state index contributed by atoms with van der Waals surface area (Å²) >= 11 is 5.74. The topological polar surface area (TPSA) is 110 Å². The van der Waals surface area contributed by atoms with Gasteiger partial charge in [-0.15, -0.1) is 0 Å². The van der Waals surface area contributed by atoms with Gasteiger partial charge in [-0.3, -0.25) is 4.79 Å². The minimum atomic E-state index is -1.08. The number of amides is 1. The molecule has 0 spiro atoms. The molecule has 2 heterocycles. The van der Waals surface area contributed by atoms with E-state index in [-0.39, 0.29) is 23.7 Å². The van der Waals surface area contributed by atoms with E-state index in [1.807, 2.05) is 0 Å². The zero-order valence-corrected chi connectivity index (χ0v) is 16.1. The molecule has 0 unspecified atom stereocenters. The number of carbonyl (C=O) groups excluding carboxylic acids is 3. The molecule has 2 N–H and O–H groups in total. The van der Waals surface area contributed by atoms with Crippen LogP contribution in [0.2, 0.25) is 5.02 Å². The third-order valence-electron chi connectivity index (χ3n) is 3.75. The fourth-order valence-electron chi connectivity index (χ4n) is 2.41. The first kappa shape index (κ1) is 20.4. The van der Waals surface area contributed by atoms with Gasteiger partial charge in [0.25, 0.3) is 5.91 Å². The number of halogens is 1. The van der Waals surface area contributed by atoms with E-state index in [9.17, 15) is 14.4 Å². The molecule has 2 rings (SSSR count). The molecule has 0 aliphatic rings. The van der Waals surface area contributed by atoms with Crippen LogP contribution < -0.4 is 5.32 Å². The van der Waals surface area contributed by atoms with Crippen LogP contribution in [0, 0.1) is 13.8 Å². The molecule has 0 aromatic carbocycles. The number of hydrogen-bond acceptors (Lipinski definition) is 6. The monoisotopic (exact) mass is 393 g/mol. The Labute approximate surface area is 161 Å². The molecule has 8 nitrogen and oxygen atoms in total. The molecule has 144 valence electrons. The van der Waals surface area contributed by atoms with Crippen molar-refractivity contribution in [2.75, 3.05) is 11.9 Å². The lowest BCUT2D eigenvalue weighted by Gasteiger charge is -2.13. The fourth-order valence-corrected chi connectivity index (χ4v) is 2.53. The van der Waals surface area contributed by atoms with E-state index in [1.165, 1.54) is 19.2 Å². The van der Waals surface area contributed by atoms with Crippen molar-refractivity contribution >= 4 is 35.3 Å². The van der Waals surface area contributed by atoms with Crippen LogP contribution in [-0.2, 0) is 14.3 Å². The highest BCUT2D eigenvalue weighted by Crippen LogP contribution is 2.20. The quantitative estimate of drug-likeness (QED) is 0.730. The van der Waals surface area contributed by atoms with E-state index < -0.39 is 23.9 Å². The van der Waals surface area contributed by atoms with Crippen LogP contribution in [0.4, 0.5) is 5.82 Å². The molecule has 9 heteroatoms. The minimum absolute atomic E-state index is 0.0971. The van der Waals surface area contributed by atoms with E-state index in [2.05, 4.69) is 15.3 Å². The van der Waals surface area contributed by atoms with Crippen LogP contribution in [0.25, 0.3) is 0 Å². The van der Waals surface area contributed by atoms with E-state index in [1.54, 1.807) is 26.8 Å². The smallest absolute Gasteiger partial charge is 0.355 e. The molecule has 0 fully saturated rings. The highest BCUT2D eigenvalue weighted by Gasteiger charge is 2.26. The molecule has 0 saturated heterocycles. The van der Waals surface area contributed by atoms with E-state index >= 15 is 0 Å². The van der Waals surface area contributed by atoms with Crippen molar-refractivity contribution < 1.29 is 23.9 Å². The number of ether oxygens (including phenoxy) is 2. The number of aromatic nitrogens is 2. The molecule has 27 heavy (non-hydrogen) atoms. The van der Waals surface area contributed by atoms with Gasteiger partial charge in [0.1, 0.15) is 11.5 Å². The number of nitrogens with zero attached hydrogens (tertiary/aromatic N) is 1. The van der Waals surface area contributed by atoms with E-state index in [0.717, 1.165) is 0 Å². The van der Waals surface area contributed by atoms with Crippen molar-refractivity contribution in [3.63, 3.8) is 0 Å². The number of anilines is 1. The van der Waals surface area contributed by atoms with Crippen LogP contribution >= 0.6 is 11.6 Å². The second-order valence-electron chi connectivity index (χ2n) is 5.74. The summed E-state index contributed by atoms with van der Waals surface area (Å²) in [5.41, 5.74) is 1.27. The summed E-state index contributed by atoms with van der Waals surface area (Å²) in [6.45, 7) is 6.60. The normalized spacial score (nSPS) is 11.6. The summed E-state index contributed by atoms with van der Waals surface area (Å²) in [5, 5.41) is 2.95. The van der Waals surface area contributed by atoms with Crippen LogP contribution in [-0.4, -0.2) is 40.5 Å². The summed E-state index contributed by atoms with van der Waals surface area (Å²) in [7, 11) is 0. The summed E-state index contributed by atoms with van der Waals surface area (Å²) in [6.07, 6.45) is 0.305. The second-order valence-corrected chi connectivity index (χ2v) is 6.18. The number of rotatable bonds is 6. The van der Waals surface area contributed by atoms with Crippen molar-refractivity contribution in [2.45, 2.75) is 33.8 Å². The molecule has 0 radical (unpaired) electrons. The average Bonchev–Trinajstić information content (AvgIpc) is 2.91. The van der Waals surface area contributed by atoms with Gasteiger partial charge in [-0.25, -0.2) is 14.6 Å². The predicted molar refractivity (Wildman–Crippen MR) is 99.0 cm³/mol. The maximum atomic E-state index is 12.4. The molecule has 1 amide bonds. The number of aromatic amines is 1. The summed E-state index contributed by atoms with van der Waals surface area (Å²) < 4.78 is 10.2. The van der Waals surface area contributed by atoms with Gasteiger partial charge in [0.15, 0.2) is 6.10 Å². The SMILES string of the molecule is CCOC(=O)c1c(C)[nH]c(C(=O)O[C@H](C)C(=O)Nc2ccc(Cl)cn2)c1C. The fraction of sp³-hybridized carbons (Fsp3) is 0.333. The van der Waals surface area contributed by atoms with Gasteiger partial charge in [-0.2, -0.15) is 0 Å². The Kier molecular flexibility index (Phi) is 6.57. The zero-order chi connectivity index (χ0) is 20.1. The third-order valence-corrected chi connectivity index (χ3v) is 3.98. The Morgan fingerprint density at radius 3 is 2.56 bits per heavy atom. The molecular weight excluding hydrogens is 374 g/mol. The van der Waals surface area contributed by atoms with Crippen molar-refractivity contribution in [3.8, 4) is 0 Å². The number of nitrogens with one attached hydrogen (secondary N) is 2. The van der Waals surface area contributed by atoms with Crippen molar-refractivity contribution in [2.24, 2.45) is 0 Å². The van der Waals surface area contributed by atoms with Gasteiger partial charge in [0.05, 0.1) is 17.2 Å². The summed E-state index contributed by atoms with van der Waals surface area (Å²) in [6, 6.07) is 3.10. The van der Waals surface area contributed by atoms with Gasteiger partial charge in [-0.05, 0) is 45.4 Å². The molecular formula is C18H20ClN3O5. The Bertz CT molecular complexity index is 861. The summed E-state index contributed by atoms with van der Waals surface area (Å²) in [5.74, 6) is -1.55. The highest BCUT2D eigenvalue weighted by molar-refractivity contribution is 6.30. The third kappa shape index (κ3) is 4.85. The van der Waals surface area contributed by atoms with Crippen molar-refractivity contribution in [3.05, 3.63) is 45.9 Å². The maximum Gasteiger partial charge on any atom is 0.355 e. The first-order valence-electron chi connectivity index (χ1n) is 8.24. The molecule has 1 atom stereocenters. The Morgan fingerprint density at radius 1 is 1.26 bits per heavy atom. The Morgan fingerprint density at radius 2 is 1.96 bits per heavy atom. The number of pyridine rings is 1. The van der Waals surface area contributed by atoms with E-state index in [4.69, 9.17) is 21.1 Å². The standard InChI is InChI=1S/C18H20ClN3O5/c1-5-26-17(24)14-9(2)15(21-10(14)3)18(25)27-11(4)16(23)22-13-7-6-12(19)8-20-13/h6-8,11,21H,5H2,1-4H3,(H,20,22,23)/t11-/m1/s1. The minimum Gasteiger partial charge on any atom is -0.462 e.